The first kappa shape index (κ1) is 30.9. The van der Waals surface area contributed by atoms with Crippen LogP contribution in [0.4, 0.5) is 22.0 Å². The molecule has 3 aromatic rings. The number of carbonyl (C=O) groups excluding carboxylic acids is 1. The molecule has 0 saturated carbocycles. The maximum Gasteiger partial charge on any atom is 0.274 e. The van der Waals surface area contributed by atoms with Crippen molar-refractivity contribution in [3.63, 3.8) is 0 Å². The van der Waals surface area contributed by atoms with Crippen LogP contribution in [-0.4, -0.2) is 64.5 Å². The Labute approximate surface area is 235 Å². The number of likely N-dealkylation sites (tertiary alicyclic amines) is 1. The van der Waals surface area contributed by atoms with Gasteiger partial charge in [-0.15, -0.1) is 11.3 Å². The summed E-state index contributed by atoms with van der Waals surface area (Å²) in [7, 11) is -4.52. The van der Waals surface area contributed by atoms with E-state index < -0.39 is 80.3 Å². The van der Waals surface area contributed by atoms with Crippen molar-refractivity contribution in [2.75, 3.05) is 13.1 Å². The molecule has 1 aromatic carbocycles. The van der Waals surface area contributed by atoms with Crippen molar-refractivity contribution in [3.05, 3.63) is 35.1 Å². The molecule has 2 aromatic heterocycles. The fraction of sp³-hybridized carbons (Fsp3) is 0.500. The van der Waals surface area contributed by atoms with Gasteiger partial charge >= 0.3 is 0 Å². The molecule has 224 valence electrons. The number of aromatic nitrogens is 3. The van der Waals surface area contributed by atoms with Crippen LogP contribution in [0.5, 0.6) is 0 Å². The van der Waals surface area contributed by atoms with E-state index in [0.29, 0.717) is 11.3 Å². The third-order valence-corrected chi connectivity index (χ3v) is 8.80. The molecular formula is C24H26F5N5O5S2. The molecule has 0 unspecified atom stereocenters. The van der Waals surface area contributed by atoms with Gasteiger partial charge in [-0.3, -0.25) is 4.79 Å². The minimum atomic E-state index is -4.52. The Morgan fingerprint density at radius 2 is 1.83 bits per heavy atom. The number of hydrogen-bond donors (Lipinski definition) is 2. The Morgan fingerprint density at radius 1 is 1.20 bits per heavy atom. The summed E-state index contributed by atoms with van der Waals surface area (Å²) in [4.78, 5) is 21.4. The SMILES string of the molecule is CC(C)NS(=O)(=O)c1ccc(-c2sc(-c3noc(C(C)(C)O)n3)nc2C(=O)N2CCC(F)(F)CC2)c(C(F)F)c1F. The summed E-state index contributed by atoms with van der Waals surface area (Å²) in [6.45, 7) is 4.95. The van der Waals surface area contributed by atoms with Crippen molar-refractivity contribution in [2.45, 2.75) is 69.4 Å². The van der Waals surface area contributed by atoms with Gasteiger partial charge in [0.05, 0.1) is 10.4 Å². The number of hydrogen-bond acceptors (Lipinski definition) is 9. The highest BCUT2D eigenvalue weighted by atomic mass is 32.2. The summed E-state index contributed by atoms with van der Waals surface area (Å²) in [5.74, 6) is -6.04. The lowest BCUT2D eigenvalue weighted by molar-refractivity contribution is -0.0495. The van der Waals surface area contributed by atoms with Crippen molar-refractivity contribution >= 4 is 27.3 Å². The third-order valence-electron chi connectivity index (χ3n) is 6.04. The van der Waals surface area contributed by atoms with Crippen LogP contribution >= 0.6 is 11.3 Å². The zero-order valence-electron chi connectivity index (χ0n) is 22.2. The van der Waals surface area contributed by atoms with Gasteiger partial charge in [0, 0.05) is 37.5 Å². The van der Waals surface area contributed by atoms with Crippen LogP contribution in [0.2, 0.25) is 0 Å². The van der Waals surface area contributed by atoms with Gasteiger partial charge in [0.25, 0.3) is 24.1 Å². The number of nitrogens with zero attached hydrogens (tertiary/aromatic N) is 4. The Bertz CT molecular complexity index is 1560. The molecule has 1 aliphatic heterocycles. The van der Waals surface area contributed by atoms with Crippen molar-refractivity contribution in [2.24, 2.45) is 0 Å². The minimum absolute atomic E-state index is 0.135. The monoisotopic (exact) mass is 623 g/mol. The highest BCUT2D eigenvalue weighted by Gasteiger charge is 2.38. The van der Waals surface area contributed by atoms with Crippen LogP contribution in [-0.2, 0) is 15.6 Å². The van der Waals surface area contributed by atoms with E-state index in [1.54, 1.807) is 0 Å². The number of piperidine rings is 1. The number of carbonyl (C=O) groups is 1. The number of rotatable bonds is 8. The van der Waals surface area contributed by atoms with Gasteiger partial charge in [0.15, 0.2) is 10.8 Å². The van der Waals surface area contributed by atoms with E-state index in [1.165, 1.54) is 27.7 Å². The van der Waals surface area contributed by atoms with Gasteiger partial charge < -0.3 is 14.5 Å². The molecule has 41 heavy (non-hydrogen) atoms. The van der Waals surface area contributed by atoms with Crippen molar-refractivity contribution < 1.29 is 44.8 Å². The Kier molecular flexibility index (Phi) is 8.30. The second-order valence-corrected chi connectivity index (χ2v) is 12.9. The molecule has 4 rings (SSSR count). The van der Waals surface area contributed by atoms with Crippen LogP contribution in [0.25, 0.3) is 21.3 Å². The number of halogens is 5. The van der Waals surface area contributed by atoms with Crippen LogP contribution in [0, 0.1) is 5.82 Å². The Hall–Kier alpha value is -3.02. The Morgan fingerprint density at radius 3 is 2.37 bits per heavy atom. The van der Waals surface area contributed by atoms with Crippen LogP contribution < -0.4 is 4.72 Å². The number of benzene rings is 1. The van der Waals surface area contributed by atoms with E-state index in [9.17, 15) is 35.9 Å². The first-order valence-electron chi connectivity index (χ1n) is 12.3. The predicted octanol–water partition coefficient (Wildman–Crippen LogP) is 4.72. The maximum absolute atomic E-state index is 15.5. The lowest BCUT2D eigenvalue weighted by atomic mass is 10.0. The molecule has 1 fully saturated rings. The molecule has 0 radical (unpaired) electrons. The number of nitrogens with one attached hydrogen (secondary N) is 1. The average molecular weight is 624 g/mol. The van der Waals surface area contributed by atoms with Gasteiger partial charge in [-0.05, 0) is 33.8 Å². The quantitative estimate of drug-likeness (QED) is 0.344. The molecule has 0 atom stereocenters. The lowest BCUT2D eigenvalue weighted by Crippen LogP contribution is -2.43. The number of alkyl halides is 4. The normalized spacial score (nSPS) is 16.1. The third kappa shape index (κ3) is 6.42. The summed E-state index contributed by atoms with van der Waals surface area (Å²) in [6, 6.07) is 1.05. The minimum Gasteiger partial charge on any atom is -0.381 e. The standard InChI is InChI=1S/C24H26F5N5O5S2/c1-11(2)33-41(37,38)13-6-5-12(14(15(13)25)18(26)27)17-16(21(35)34-9-7-24(28,29)8-10-34)30-20(40-17)19-31-22(39-32-19)23(3,4)36/h5-6,11,18,33,36H,7-10H2,1-4H3. The van der Waals surface area contributed by atoms with E-state index in [4.69, 9.17) is 4.52 Å². The zero-order valence-corrected chi connectivity index (χ0v) is 23.8. The van der Waals surface area contributed by atoms with Gasteiger partial charge in [-0.25, -0.2) is 40.1 Å². The first-order chi connectivity index (χ1) is 18.9. The zero-order chi connectivity index (χ0) is 30.5. The number of amides is 1. The number of sulfonamides is 1. The van der Waals surface area contributed by atoms with Crippen molar-refractivity contribution in [3.8, 4) is 21.3 Å². The molecule has 10 nitrogen and oxygen atoms in total. The predicted molar refractivity (Wildman–Crippen MR) is 137 cm³/mol. The average Bonchev–Trinajstić information content (AvgIpc) is 3.50. The van der Waals surface area contributed by atoms with Crippen molar-refractivity contribution in [1.29, 1.82) is 0 Å². The summed E-state index contributed by atoms with van der Waals surface area (Å²) in [6.07, 6.45) is -4.78. The summed E-state index contributed by atoms with van der Waals surface area (Å²) in [5.41, 5.74) is -3.85. The molecule has 3 heterocycles. The fourth-order valence-electron chi connectivity index (χ4n) is 4.05. The fourth-order valence-corrected chi connectivity index (χ4v) is 6.42. The van der Waals surface area contributed by atoms with Crippen LogP contribution in [0.15, 0.2) is 21.6 Å². The van der Waals surface area contributed by atoms with E-state index >= 15 is 4.39 Å². The number of thiazole rings is 1. The van der Waals surface area contributed by atoms with E-state index in [2.05, 4.69) is 19.8 Å². The topological polar surface area (TPSA) is 139 Å². The van der Waals surface area contributed by atoms with Crippen LogP contribution in [0.3, 0.4) is 0 Å². The first-order valence-corrected chi connectivity index (χ1v) is 14.6. The van der Waals surface area contributed by atoms with E-state index in [1.807, 2.05) is 0 Å². The summed E-state index contributed by atoms with van der Waals surface area (Å²) in [5, 5.41) is 13.7. The van der Waals surface area contributed by atoms with E-state index in [-0.39, 0.29) is 34.7 Å². The molecule has 0 bridgehead atoms. The van der Waals surface area contributed by atoms with Gasteiger partial charge in [0.2, 0.25) is 15.8 Å². The van der Waals surface area contributed by atoms with Crippen molar-refractivity contribution in [1.82, 2.24) is 24.7 Å². The maximum atomic E-state index is 15.5. The molecule has 17 heteroatoms. The molecule has 1 saturated heterocycles. The second kappa shape index (κ2) is 11.0. The highest BCUT2D eigenvalue weighted by molar-refractivity contribution is 7.89. The van der Waals surface area contributed by atoms with Gasteiger partial charge in [0.1, 0.15) is 16.2 Å². The largest absolute Gasteiger partial charge is 0.381 e. The van der Waals surface area contributed by atoms with Crippen LogP contribution in [0.1, 0.15) is 68.9 Å². The highest BCUT2D eigenvalue weighted by Crippen LogP contribution is 2.42. The molecule has 1 amide bonds. The molecular weight excluding hydrogens is 597 g/mol. The smallest absolute Gasteiger partial charge is 0.274 e. The van der Waals surface area contributed by atoms with Gasteiger partial charge in [-0.1, -0.05) is 11.2 Å². The molecule has 0 aliphatic carbocycles. The lowest BCUT2D eigenvalue weighted by Gasteiger charge is -2.31. The number of aliphatic hydroxyl groups is 1. The summed E-state index contributed by atoms with van der Waals surface area (Å²) >= 11 is 0.608. The second-order valence-electron chi connectivity index (χ2n) is 10.2. The van der Waals surface area contributed by atoms with Gasteiger partial charge in [-0.2, -0.15) is 4.98 Å². The molecule has 1 aliphatic rings. The Balaban J connectivity index is 1.89. The molecule has 2 N–H and O–H groups in total. The molecule has 0 spiro atoms. The van der Waals surface area contributed by atoms with E-state index in [0.717, 1.165) is 17.0 Å². The summed E-state index contributed by atoms with van der Waals surface area (Å²) < 4.78 is 104.